The van der Waals surface area contributed by atoms with Gasteiger partial charge in [-0.3, -0.25) is 9.10 Å². The van der Waals surface area contributed by atoms with Crippen molar-refractivity contribution in [3.8, 4) is 5.75 Å². The molecule has 0 radical (unpaired) electrons. The van der Waals surface area contributed by atoms with Crippen LogP contribution in [0.25, 0.3) is 0 Å². The quantitative estimate of drug-likeness (QED) is 0.566. The van der Waals surface area contributed by atoms with Crippen molar-refractivity contribution >= 4 is 39.2 Å². The van der Waals surface area contributed by atoms with Crippen LogP contribution in [0.5, 0.6) is 5.75 Å². The number of hydrogen-bond donors (Lipinski definition) is 1. The number of nitrogens with zero attached hydrogens (tertiary/aromatic N) is 1. The normalized spacial score (nSPS) is 11.6. The summed E-state index contributed by atoms with van der Waals surface area (Å²) in [6.07, 6.45) is -4.63. The van der Waals surface area contributed by atoms with E-state index in [0.717, 1.165) is 22.5 Å². The van der Waals surface area contributed by atoms with E-state index in [0.29, 0.717) is 0 Å². The molecule has 0 unspecified atom stereocenters. The van der Waals surface area contributed by atoms with Gasteiger partial charge in [0, 0.05) is 7.05 Å². The van der Waals surface area contributed by atoms with Crippen LogP contribution in [-0.2, 0) is 19.6 Å². The Morgan fingerprint density at radius 3 is 2.44 bits per heavy atom. The maximum absolute atomic E-state index is 13.0. The van der Waals surface area contributed by atoms with Gasteiger partial charge in [0.1, 0.15) is 12.3 Å². The Hall–Kier alpha value is -2.99. The first-order chi connectivity index (χ1) is 14.9. The number of sulfonamides is 1. The van der Waals surface area contributed by atoms with Crippen LogP contribution in [0.15, 0.2) is 47.4 Å². The number of carbonyl (C=O) groups is 2. The standard InChI is InChI=1S/C19H18ClF3N2O6S/c1-25(15-5-3-4-6-16(15)30-2)32(28,29)12-7-8-14(20)13(9-12)18(27)31-10-17(26)24-11-19(21,22)23/h3-9H,10-11H2,1-2H3,(H,24,26). The number of esters is 1. The largest absolute Gasteiger partial charge is 0.495 e. The van der Waals surface area contributed by atoms with E-state index in [-0.39, 0.29) is 26.9 Å². The number of carbonyl (C=O) groups excluding carboxylic acids is 2. The number of rotatable bonds is 8. The van der Waals surface area contributed by atoms with Gasteiger partial charge in [-0.25, -0.2) is 13.2 Å². The molecular weight excluding hydrogens is 477 g/mol. The summed E-state index contributed by atoms with van der Waals surface area (Å²) in [5.74, 6) is -2.09. The Kier molecular flexibility index (Phi) is 7.97. The van der Waals surface area contributed by atoms with Gasteiger partial charge in [-0.15, -0.1) is 0 Å². The third kappa shape index (κ3) is 6.26. The van der Waals surface area contributed by atoms with E-state index in [4.69, 9.17) is 16.3 Å². The Labute approximate surface area is 186 Å². The topological polar surface area (TPSA) is 102 Å². The zero-order chi connectivity index (χ0) is 24.1. The molecule has 0 aromatic heterocycles. The van der Waals surface area contributed by atoms with E-state index in [9.17, 15) is 31.2 Å². The van der Waals surface area contributed by atoms with Crippen molar-refractivity contribution in [2.45, 2.75) is 11.1 Å². The van der Waals surface area contributed by atoms with Crippen LogP contribution in [0.3, 0.4) is 0 Å². The molecule has 2 aromatic rings. The van der Waals surface area contributed by atoms with E-state index < -0.39 is 41.2 Å². The molecule has 0 saturated heterocycles. The molecule has 0 atom stereocenters. The van der Waals surface area contributed by atoms with Crippen molar-refractivity contribution in [3.05, 3.63) is 53.1 Å². The molecule has 13 heteroatoms. The maximum atomic E-state index is 13.0. The third-order valence-electron chi connectivity index (χ3n) is 4.06. The molecule has 0 heterocycles. The maximum Gasteiger partial charge on any atom is 0.405 e. The fourth-order valence-corrected chi connectivity index (χ4v) is 3.88. The second kappa shape index (κ2) is 10.1. The minimum absolute atomic E-state index is 0.176. The fourth-order valence-electron chi connectivity index (χ4n) is 2.46. The molecule has 32 heavy (non-hydrogen) atoms. The Balaban J connectivity index is 2.22. The third-order valence-corrected chi connectivity index (χ3v) is 6.16. The zero-order valence-corrected chi connectivity index (χ0v) is 18.3. The van der Waals surface area contributed by atoms with Gasteiger partial charge < -0.3 is 14.8 Å². The summed E-state index contributed by atoms with van der Waals surface area (Å²) in [6, 6.07) is 9.60. The number of ether oxygens (including phenoxy) is 2. The minimum Gasteiger partial charge on any atom is -0.495 e. The Morgan fingerprint density at radius 2 is 1.81 bits per heavy atom. The summed E-state index contributed by atoms with van der Waals surface area (Å²) in [5, 5.41) is 1.36. The zero-order valence-electron chi connectivity index (χ0n) is 16.8. The van der Waals surface area contributed by atoms with Crippen molar-refractivity contribution < 1.29 is 40.7 Å². The summed E-state index contributed by atoms with van der Waals surface area (Å²) < 4.78 is 73.2. The molecule has 0 saturated carbocycles. The summed E-state index contributed by atoms with van der Waals surface area (Å²) >= 11 is 5.94. The summed E-state index contributed by atoms with van der Waals surface area (Å²) in [5.41, 5.74) is -0.153. The highest BCUT2D eigenvalue weighted by molar-refractivity contribution is 7.92. The van der Waals surface area contributed by atoms with Gasteiger partial charge >= 0.3 is 12.1 Å². The van der Waals surface area contributed by atoms with Crippen LogP contribution in [0, 0.1) is 0 Å². The molecule has 2 rings (SSSR count). The number of hydrogen-bond acceptors (Lipinski definition) is 6. The average molecular weight is 495 g/mol. The van der Waals surface area contributed by atoms with Crippen molar-refractivity contribution in [1.29, 1.82) is 0 Å². The molecule has 174 valence electrons. The monoisotopic (exact) mass is 494 g/mol. The number of nitrogens with one attached hydrogen (secondary N) is 1. The van der Waals surface area contributed by atoms with Gasteiger partial charge in [0.2, 0.25) is 0 Å². The van der Waals surface area contributed by atoms with Crippen LogP contribution in [0.2, 0.25) is 5.02 Å². The van der Waals surface area contributed by atoms with E-state index >= 15 is 0 Å². The van der Waals surface area contributed by atoms with Gasteiger partial charge in [-0.1, -0.05) is 23.7 Å². The number of alkyl halides is 3. The minimum atomic E-state index is -4.63. The highest BCUT2D eigenvalue weighted by Gasteiger charge is 2.28. The molecule has 0 aliphatic rings. The SMILES string of the molecule is COc1ccccc1N(C)S(=O)(=O)c1ccc(Cl)c(C(=O)OCC(=O)NCC(F)(F)F)c1. The van der Waals surface area contributed by atoms with Crippen molar-refractivity contribution in [3.63, 3.8) is 0 Å². The number of halogens is 4. The molecule has 1 amide bonds. The fraction of sp³-hybridized carbons (Fsp3) is 0.263. The highest BCUT2D eigenvalue weighted by Crippen LogP contribution is 2.32. The van der Waals surface area contributed by atoms with Gasteiger partial charge in [0.05, 0.1) is 28.3 Å². The van der Waals surface area contributed by atoms with E-state index in [2.05, 4.69) is 4.74 Å². The molecule has 8 nitrogen and oxygen atoms in total. The van der Waals surface area contributed by atoms with E-state index in [1.54, 1.807) is 18.2 Å². The Bertz CT molecular complexity index is 1110. The van der Waals surface area contributed by atoms with Crippen molar-refractivity contribution in [1.82, 2.24) is 5.32 Å². The van der Waals surface area contributed by atoms with Crippen molar-refractivity contribution in [2.24, 2.45) is 0 Å². The average Bonchev–Trinajstić information content (AvgIpc) is 2.75. The number of benzene rings is 2. The number of methoxy groups -OCH3 is 1. The summed E-state index contributed by atoms with van der Waals surface area (Å²) in [4.78, 5) is 23.3. The summed E-state index contributed by atoms with van der Waals surface area (Å²) in [7, 11) is -1.51. The Morgan fingerprint density at radius 1 is 1.16 bits per heavy atom. The van der Waals surface area contributed by atoms with Crippen molar-refractivity contribution in [2.75, 3.05) is 31.6 Å². The van der Waals surface area contributed by atoms with E-state index in [1.807, 2.05) is 0 Å². The first-order valence-electron chi connectivity index (χ1n) is 8.79. The first-order valence-corrected chi connectivity index (χ1v) is 10.6. The second-order valence-corrected chi connectivity index (χ2v) is 8.63. The lowest BCUT2D eigenvalue weighted by Crippen LogP contribution is -2.36. The molecule has 0 spiro atoms. The highest BCUT2D eigenvalue weighted by atomic mass is 35.5. The van der Waals surface area contributed by atoms with Crippen LogP contribution >= 0.6 is 11.6 Å². The molecular formula is C19H18ClF3N2O6S. The smallest absolute Gasteiger partial charge is 0.405 e. The van der Waals surface area contributed by atoms with Gasteiger partial charge in [0.25, 0.3) is 15.9 Å². The van der Waals surface area contributed by atoms with Crippen LogP contribution < -0.4 is 14.4 Å². The second-order valence-electron chi connectivity index (χ2n) is 6.25. The van der Waals surface area contributed by atoms with Crippen LogP contribution in [-0.4, -0.2) is 53.8 Å². The number of amides is 1. The molecule has 1 N–H and O–H groups in total. The van der Waals surface area contributed by atoms with Crippen LogP contribution in [0.1, 0.15) is 10.4 Å². The first kappa shape index (κ1) is 25.3. The molecule has 0 fully saturated rings. The molecule has 0 bridgehead atoms. The van der Waals surface area contributed by atoms with Crippen LogP contribution in [0.4, 0.5) is 18.9 Å². The van der Waals surface area contributed by atoms with Gasteiger partial charge in [0.15, 0.2) is 6.61 Å². The number of anilines is 1. The predicted octanol–water partition coefficient (Wildman–Crippen LogP) is 3.01. The lowest BCUT2D eigenvalue weighted by molar-refractivity contribution is -0.140. The lowest BCUT2D eigenvalue weighted by Gasteiger charge is -2.22. The predicted molar refractivity (Wildman–Crippen MR) is 109 cm³/mol. The molecule has 0 aliphatic carbocycles. The van der Waals surface area contributed by atoms with E-state index in [1.165, 1.54) is 25.5 Å². The lowest BCUT2D eigenvalue weighted by atomic mass is 10.2. The van der Waals surface area contributed by atoms with Gasteiger partial charge in [-0.2, -0.15) is 13.2 Å². The number of para-hydroxylation sites is 2. The van der Waals surface area contributed by atoms with Gasteiger partial charge in [-0.05, 0) is 30.3 Å². The molecule has 0 aliphatic heterocycles. The molecule has 2 aromatic carbocycles. The summed E-state index contributed by atoms with van der Waals surface area (Å²) in [6.45, 7) is -2.60.